The van der Waals surface area contributed by atoms with Crippen LogP contribution in [0.1, 0.15) is 37.0 Å². The fourth-order valence-corrected chi connectivity index (χ4v) is 7.07. The fraction of sp³-hybridized carbons (Fsp3) is 0.750. The van der Waals surface area contributed by atoms with Crippen molar-refractivity contribution in [3.8, 4) is 0 Å². The number of nitrogens with two attached hydrogens (primary N) is 1. The molecule has 4 saturated carbocycles. The minimum absolute atomic E-state index is 0.380. The smallest absolute Gasteiger partial charge is 0.0314 e. The lowest BCUT2D eigenvalue weighted by atomic mass is 9.50. The second-order valence-electron chi connectivity index (χ2n) is 7.07. The van der Waals surface area contributed by atoms with Crippen molar-refractivity contribution in [2.45, 2.75) is 44.6 Å². The maximum absolute atomic E-state index is 6.64. The highest BCUT2D eigenvalue weighted by molar-refractivity contribution is 9.10. The zero-order chi connectivity index (χ0) is 13.0. The average molecular weight is 340 g/mol. The largest absolute Gasteiger partial charge is 0.327 e. The summed E-state index contributed by atoms with van der Waals surface area (Å²) in [5, 5.41) is 2.17. The maximum Gasteiger partial charge on any atom is 0.0314 e. The molecule has 4 bridgehead atoms. The lowest BCUT2D eigenvalue weighted by molar-refractivity contribution is -0.0464. The van der Waals surface area contributed by atoms with E-state index in [1.54, 1.807) is 0 Å². The third-order valence-electron chi connectivity index (χ3n) is 5.91. The molecule has 19 heavy (non-hydrogen) atoms. The van der Waals surface area contributed by atoms with Gasteiger partial charge in [0.1, 0.15) is 0 Å². The third kappa shape index (κ3) is 2.22. The van der Waals surface area contributed by atoms with Crippen molar-refractivity contribution in [3.63, 3.8) is 0 Å². The van der Waals surface area contributed by atoms with Gasteiger partial charge in [0, 0.05) is 15.4 Å². The van der Waals surface area contributed by atoms with Crippen molar-refractivity contribution in [1.29, 1.82) is 0 Å². The van der Waals surface area contributed by atoms with Gasteiger partial charge in [0.15, 0.2) is 0 Å². The molecule has 1 unspecified atom stereocenters. The molecule has 1 atom stereocenters. The molecule has 1 aromatic rings. The van der Waals surface area contributed by atoms with Gasteiger partial charge in [0.25, 0.3) is 0 Å². The van der Waals surface area contributed by atoms with Crippen LogP contribution in [0.15, 0.2) is 15.9 Å². The molecule has 0 amide bonds. The van der Waals surface area contributed by atoms with Crippen LogP contribution in [-0.2, 0) is 6.42 Å². The van der Waals surface area contributed by atoms with Crippen LogP contribution in [0.4, 0.5) is 0 Å². The van der Waals surface area contributed by atoms with E-state index in [4.69, 9.17) is 5.73 Å². The Morgan fingerprint density at radius 1 is 1.16 bits per heavy atom. The molecule has 0 saturated heterocycles. The van der Waals surface area contributed by atoms with Crippen molar-refractivity contribution >= 4 is 27.3 Å². The van der Waals surface area contributed by atoms with Gasteiger partial charge in [-0.15, -0.1) is 11.3 Å². The Morgan fingerprint density at radius 3 is 2.32 bits per heavy atom. The standard InChI is InChI=1S/C16H22BrNS/c17-13-1-2-19-15(13)8-14(18)16-11-4-9-3-10(6-11)7-12(16)5-9/h1-2,9-12,14,16H,3-8,18H2. The molecular formula is C16H22BrNS. The molecule has 4 fully saturated rings. The highest BCUT2D eigenvalue weighted by atomic mass is 79.9. The minimum Gasteiger partial charge on any atom is -0.327 e. The van der Waals surface area contributed by atoms with Crippen molar-refractivity contribution in [2.24, 2.45) is 35.3 Å². The molecule has 3 heteroatoms. The maximum atomic E-state index is 6.64. The molecule has 2 N–H and O–H groups in total. The van der Waals surface area contributed by atoms with Crippen LogP contribution < -0.4 is 5.73 Å². The van der Waals surface area contributed by atoms with E-state index in [2.05, 4.69) is 27.4 Å². The Morgan fingerprint density at radius 2 is 1.79 bits per heavy atom. The Bertz CT molecular complexity index is 441. The van der Waals surface area contributed by atoms with E-state index in [1.807, 2.05) is 11.3 Å². The van der Waals surface area contributed by atoms with Gasteiger partial charge in [-0.3, -0.25) is 0 Å². The molecule has 1 aromatic heterocycles. The summed E-state index contributed by atoms with van der Waals surface area (Å²) in [7, 11) is 0. The number of rotatable bonds is 3. The SMILES string of the molecule is NC(Cc1sccc1Br)C1C2CC3CC(C2)CC1C3. The molecule has 4 aliphatic rings. The van der Waals surface area contributed by atoms with Crippen LogP contribution in [0.3, 0.4) is 0 Å². The van der Waals surface area contributed by atoms with Crippen molar-refractivity contribution in [1.82, 2.24) is 0 Å². The van der Waals surface area contributed by atoms with Crippen LogP contribution >= 0.6 is 27.3 Å². The molecule has 0 aromatic carbocycles. The van der Waals surface area contributed by atoms with Crippen LogP contribution in [0, 0.1) is 29.6 Å². The summed E-state index contributed by atoms with van der Waals surface area (Å²) >= 11 is 5.50. The Hall–Kier alpha value is 0.140. The van der Waals surface area contributed by atoms with E-state index < -0.39 is 0 Å². The van der Waals surface area contributed by atoms with Gasteiger partial charge in [-0.05, 0) is 95.5 Å². The summed E-state index contributed by atoms with van der Waals surface area (Å²) in [6, 6.07) is 2.54. The molecule has 4 aliphatic carbocycles. The molecule has 0 spiro atoms. The summed E-state index contributed by atoms with van der Waals surface area (Å²) in [6.07, 6.45) is 8.54. The summed E-state index contributed by atoms with van der Waals surface area (Å²) in [5.74, 6) is 4.82. The fourth-order valence-electron chi connectivity index (χ4n) is 5.49. The zero-order valence-corrected chi connectivity index (χ0v) is 13.6. The normalized spacial score (nSPS) is 41.7. The summed E-state index contributed by atoms with van der Waals surface area (Å²) in [6.45, 7) is 0. The highest BCUT2D eigenvalue weighted by Crippen LogP contribution is 2.57. The lowest BCUT2D eigenvalue weighted by Gasteiger charge is -2.56. The number of hydrogen-bond donors (Lipinski definition) is 1. The first-order chi connectivity index (χ1) is 9.20. The average Bonchev–Trinajstić information content (AvgIpc) is 2.73. The van der Waals surface area contributed by atoms with Crippen molar-refractivity contribution in [2.75, 3.05) is 0 Å². The second kappa shape index (κ2) is 4.85. The number of halogens is 1. The molecule has 104 valence electrons. The van der Waals surface area contributed by atoms with E-state index >= 15 is 0 Å². The monoisotopic (exact) mass is 339 g/mol. The first-order valence-corrected chi connectivity index (χ1v) is 9.35. The number of thiophene rings is 1. The van der Waals surface area contributed by atoms with E-state index in [1.165, 1.54) is 41.5 Å². The summed E-state index contributed by atoms with van der Waals surface area (Å²) in [5.41, 5.74) is 6.64. The van der Waals surface area contributed by atoms with Crippen LogP contribution in [0.25, 0.3) is 0 Å². The predicted octanol–water partition coefficient (Wildman–Crippen LogP) is 4.45. The first kappa shape index (κ1) is 12.8. The van der Waals surface area contributed by atoms with Gasteiger partial charge in [-0.25, -0.2) is 0 Å². The van der Waals surface area contributed by atoms with Gasteiger partial charge < -0.3 is 5.73 Å². The Kier molecular flexibility index (Phi) is 3.28. The number of hydrogen-bond acceptors (Lipinski definition) is 2. The second-order valence-corrected chi connectivity index (χ2v) is 8.92. The molecule has 0 radical (unpaired) electrons. The van der Waals surface area contributed by atoms with Crippen molar-refractivity contribution in [3.05, 3.63) is 20.8 Å². The Labute approximate surface area is 128 Å². The van der Waals surface area contributed by atoms with Crippen LogP contribution in [-0.4, -0.2) is 6.04 Å². The van der Waals surface area contributed by atoms with E-state index in [-0.39, 0.29) is 0 Å². The molecule has 5 rings (SSSR count). The molecule has 1 heterocycles. The molecule has 0 aliphatic heterocycles. The van der Waals surface area contributed by atoms with Gasteiger partial charge in [-0.2, -0.15) is 0 Å². The first-order valence-electron chi connectivity index (χ1n) is 7.68. The summed E-state index contributed by atoms with van der Waals surface area (Å²) < 4.78 is 1.26. The quantitative estimate of drug-likeness (QED) is 0.864. The predicted molar refractivity (Wildman–Crippen MR) is 84.2 cm³/mol. The van der Waals surface area contributed by atoms with Crippen LogP contribution in [0.2, 0.25) is 0 Å². The highest BCUT2D eigenvalue weighted by Gasteiger charge is 2.49. The van der Waals surface area contributed by atoms with Crippen LogP contribution in [0.5, 0.6) is 0 Å². The van der Waals surface area contributed by atoms with Gasteiger partial charge in [0.05, 0.1) is 0 Å². The van der Waals surface area contributed by atoms with E-state index in [9.17, 15) is 0 Å². The topological polar surface area (TPSA) is 26.0 Å². The minimum atomic E-state index is 0.380. The van der Waals surface area contributed by atoms with Gasteiger partial charge in [-0.1, -0.05) is 0 Å². The van der Waals surface area contributed by atoms with E-state index in [0.717, 1.165) is 36.0 Å². The van der Waals surface area contributed by atoms with Gasteiger partial charge >= 0.3 is 0 Å². The zero-order valence-electron chi connectivity index (χ0n) is 11.2. The third-order valence-corrected chi connectivity index (χ3v) is 7.85. The lowest BCUT2D eigenvalue weighted by Crippen LogP contribution is -2.52. The summed E-state index contributed by atoms with van der Waals surface area (Å²) in [4.78, 5) is 1.45. The molecular weight excluding hydrogens is 318 g/mol. The van der Waals surface area contributed by atoms with Crippen molar-refractivity contribution < 1.29 is 0 Å². The van der Waals surface area contributed by atoms with Gasteiger partial charge in [0.2, 0.25) is 0 Å². The Balaban J connectivity index is 1.51. The molecule has 1 nitrogen and oxygen atoms in total. The van der Waals surface area contributed by atoms with E-state index in [0.29, 0.717) is 6.04 Å².